The fourth-order valence-electron chi connectivity index (χ4n) is 0.939. The first-order chi connectivity index (χ1) is 5.61. The number of esters is 1. The lowest BCUT2D eigenvalue weighted by Gasteiger charge is -2.14. The van der Waals surface area contributed by atoms with E-state index in [9.17, 15) is 4.79 Å². The minimum atomic E-state index is -0.120. The van der Waals surface area contributed by atoms with Crippen LogP contribution in [0.15, 0.2) is 0 Å². The van der Waals surface area contributed by atoms with Gasteiger partial charge in [-0.3, -0.25) is 4.79 Å². The normalized spacial score (nSPS) is 13.1. The van der Waals surface area contributed by atoms with E-state index in [0.717, 1.165) is 6.42 Å². The summed E-state index contributed by atoms with van der Waals surface area (Å²) in [4.78, 5) is 11.1. The van der Waals surface area contributed by atoms with Crippen LogP contribution in [0.2, 0.25) is 0 Å². The van der Waals surface area contributed by atoms with Gasteiger partial charge in [0.1, 0.15) is 0 Å². The maximum Gasteiger partial charge on any atom is 0.309 e. The second kappa shape index (κ2) is 6.00. The van der Waals surface area contributed by atoms with Gasteiger partial charge in [0.2, 0.25) is 0 Å². The zero-order valence-corrected chi connectivity index (χ0v) is 8.39. The molecule has 3 nitrogen and oxygen atoms in total. The lowest BCUT2D eigenvalue weighted by molar-refractivity contribution is -0.145. The topological polar surface area (TPSA) is 38.3 Å². The molecule has 3 heteroatoms. The lowest BCUT2D eigenvalue weighted by Crippen LogP contribution is -2.33. The highest BCUT2D eigenvalue weighted by Gasteiger charge is 2.16. The Bertz CT molecular complexity index is 134. The fraction of sp³-hybridized carbons (Fsp3) is 0.889. The Morgan fingerprint density at radius 1 is 1.50 bits per heavy atom. The van der Waals surface area contributed by atoms with Crippen molar-refractivity contribution >= 4 is 5.97 Å². The van der Waals surface area contributed by atoms with E-state index in [1.165, 1.54) is 7.11 Å². The van der Waals surface area contributed by atoms with Crippen LogP contribution in [0.4, 0.5) is 0 Å². The number of carbonyl (C=O) groups excluding carboxylic acids is 1. The van der Waals surface area contributed by atoms with Crippen molar-refractivity contribution in [3.63, 3.8) is 0 Å². The Hall–Kier alpha value is -0.570. The van der Waals surface area contributed by atoms with Crippen LogP contribution in [-0.2, 0) is 9.53 Å². The monoisotopic (exact) mass is 173 g/mol. The minimum absolute atomic E-state index is 0.00241. The van der Waals surface area contributed by atoms with Crippen molar-refractivity contribution in [3.8, 4) is 0 Å². The van der Waals surface area contributed by atoms with E-state index in [2.05, 4.69) is 23.9 Å². The van der Waals surface area contributed by atoms with E-state index in [-0.39, 0.29) is 11.9 Å². The van der Waals surface area contributed by atoms with Crippen LogP contribution in [0, 0.1) is 5.92 Å². The third-order valence-corrected chi connectivity index (χ3v) is 1.80. The molecule has 0 spiro atoms. The molecule has 0 aliphatic heterocycles. The summed E-state index contributed by atoms with van der Waals surface area (Å²) < 4.78 is 4.66. The zero-order chi connectivity index (χ0) is 9.56. The van der Waals surface area contributed by atoms with E-state index >= 15 is 0 Å². The van der Waals surface area contributed by atoms with Crippen LogP contribution in [0.5, 0.6) is 0 Å². The van der Waals surface area contributed by atoms with Crippen LogP contribution < -0.4 is 5.32 Å². The number of rotatable bonds is 5. The molecule has 0 aliphatic rings. The van der Waals surface area contributed by atoms with Crippen molar-refractivity contribution in [1.82, 2.24) is 5.32 Å². The van der Waals surface area contributed by atoms with Crippen molar-refractivity contribution in [2.45, 2.75) is 33.2 Å². The maximum atomic E-state index is 11.1. The van der Waals surface area contributed by atoms with Gasteiger partial charge in [0.25, 0.3) is 0 Å². The van der Waals surface area contributed by atoms with Gasteiger partial charge in [-0.25, -0.2) is 0 Å². The number of nitrogens with one attached hydrogen (secondary N) is 1. The van der Waals surface area contributed by atoms with Gasteiger partial charge in [-0.05, 0) is 6.42 Å². The van der Waals surface area contributed by atoms with Gasteiger partial charge in [0, 0.05) is 12.6 Å². The van der Waals surface area contributed by atoms with E-state index in [1.54, 1.807) is 0 Å². The summed E-state index contributed by atoms with van der Waals surface area (Å²) in [5.41, 5.74) is 0. The molecule has 0 aromatic rings. The number of ether oxygens (including phenoxy) is 1. The predicted octanol–water partition coefficient (Wildman–Crippen LogP) is 1.18. The van der Waals surface area contributed by atoms with Crippen LogP contribution in [0.3, 0.4) is 0 Å². The third kappa shape index (κ3) is 4.34. The summed E-state index contributed by atoms with van der Waals surface area (Å²) >= 11 is 0. The summed E-state index contributed by atoms with van der Waals surface area (Å²) in [5.74, 6) is -0.122. The lowest BCUT2D eigenvalue weighted by atomic mass is 10.1. The van der Waals surface area contributed by atoms with Crippen LogP contribution in [-0.4, -0.2) is 25.7 Å². The molecular formula is C9H19NO2. The van der Waals surface area contributed by atoms with E-state index in [4.69, 9.17) is 0 Å². The van der Waals surface area contributed by atoms with Crippen molar-refractivity contribution in [2.24, 2.45) is 5.92 Å². The molecule has 0 aliphatic carbocycles. The largest absolute Gasteiger partial charge is 0.469 e. The Morgan fingerprint density at radius 3 is 2.42 bits per heavy atom. The van der Waals surface area contributed by atoms with E-state index in [1.807, 2.05) is 6.92 Å². The number of hydrogen-bond acceptors (Lipinski definition) is 3. The van der Waals surface area contributed by atoms with Crippen molar-refractivity contribution in [2.75, 3.05) is 13.7 Å². The summed E-state index contributed by atoms with van der Waals surface area (Å²) in [6.45, 7) is 6.82. The Kier molecular flexibility index (Phi) is 5.72. The molecule has 0 heterocycles. The molecule has 12 heavy (non-hydrogen) atoms. The average Bonchev–Trinajstić information content (AvgIpc) is 2.04. The van der Waals surface area contributed by atoms with Crippen molar-refractivity contribution in [1.29, 1.82) is 0 Å². The van der Waals surface area contributed by atoms with Gasteiger partial charge in [-0.15, -0.1) is 0 Å². The molecular weight excluding hydrogens is 154 g/mol. The predicted molar refractivity (Wildman–Crippen MR) is 48.9 cm³/mol. The molecule has 0 bridgehead atoms. The molecule has 0 fully saturated rings. The van der Waals surface area contributed by atoms with Crippen molar-refractivity contribution in [3.05, 3.63) is 0 Å². The standard InChI is InChI=1S/C9H19NO2/c1-5-8(9(11)12-4)6-10-7(2)3/h7-8,10H,5-6H2,1-4H3. The summed E-state index contributed by atoms with van der Waals surface area (Å²) in [6.07, 6.45) is 0.826. The Morgan fingerprint density at radius 2 is 2.08 bits per heavy atom. The quantitative estimate of drug-likeness (QED) is 0.634. The van der Waals surface area contributed by atoms with E-state index in [0.29, 0.717) is 12.6 Å². The number of hydrogen-bond donors (Lipinski definition) is 1. The Balaban J connectivity index is 3.75. The first-order valence-corrected chi connectivity index (χ1v) is 4.43. The molecule has 0 aromatic carbocycles. The van der Waals surface area contributed by atoms with Gasteiger partial charge in [-0.1, -0.05) is 20.8 Å². The highest BCUT2D eigenvalue weighted by Crippen LogP contribution is 2.03. The highest BCUT2D eigenvalue weighted by atomic mass is 16.5. The van der Waals surface area contributed by atoms with Gasteiger partial charge in [-0.2, -0.15) is 0 Å². The van der Waals surface area contributed by atoms with Crippen LogP contribution >= 0.6 is 0 Å². The minimum Gasteiger partial charge on any atom is -0.469 e. The fourth-order valence-corrected chi connectivity index (χ4v) is 0.939. The van der Waals surface area contributed by atoms with Gasteiger partial charge in [0.05, 0.1) is 13.0 Å². The Labute approximate surface area is 74.5 Å². The first-order valence-electron chi connectivity index (χ1n) is 4.43. The second-order valence-corrected chi connectivity index (χ2v) is 3.19. The summed E-state index contributed by atoms with van der Waals surface area (Å²) in [7, 11) is 1.43. The summed E-state index contributed by atoms with van der Waals surface area (Å²) in [6, 6.07) is 0.420. The maximum absolute atomic E-state index is 11.1. The number of methoxy groups -OCH3 is 1. The van der Waals surface area contributed by atoms with Gasteiger partial charge < -0.3 is 10.1 Å². The molecule has 0 amide bonds. The molecule has 1 atom stereocenters. The highest BCUT2D eigenvalue weighted by molar-refractivity contribution is 5.72. The molecule has 0 saturated heterocycles. The first kappa shape index (κ1) is 11.4. The SMILES string of the molecule is CCC(CNC(C)C)C(=O)OC. The smallest absolute Gasteiger partial charge is 0.309 e. The zero-order valence-electron chi connectivity index (χ0n) is 8.39. The third-order valence-electron chi connectivity index (χ3n) is 1.80. The van der Waals surface area contributed by atoms with Crippen LogP contribution in [0.1, 0.15) is 27.2 Å². The van der Waals surface area contributed by atoms with E-state index < -0.39 is 0 Å². The molecule has 0 rings (SSSR count). The molecule has 1 unspecified atom stereocenters. The van der Waals surface area contributed by atoms with Gasteiger partial charge in [0.15, 0.2) is 0 Å². The molecule has 0 aromatic heterocycles. The molecule has 72 valence electrons. The van der Waals surface area contributed by atoms with Gasteiger partial charge >= 0.3 is 5.97 Å². The molecule has 0 radical (unpaired) electrons. The van der Waals surface area contributed by atoms with Crippen molar-refractivity contribution < 1.29 is 9.53 Å². The molecule has 1 N–H and O–H groups in total. The second-order valence-electron chi connectivity index (χ2n) is 3.19. The van der Waals surface area contributed by atoms with Crippen LogP contribution in [0.25, 0.3) is 0 Å². The average molecular weight is 173 g/mol. The number of carbonyl (C=O) groups is 1. The summed E-state index contributed by atoms with van der Waals surface area (Å²) in [5, 5.41) is 3.21. The molecule has 0 saturated carbocycles.